The van der Waals surface area contributed by atoms with Crippen molar-refractivity contribution in [2.24, 2.45) is 0 Å². The Morgan fingerprint density at radius 2 is 1.88 bits per heavy atom. The smallest absolute Gasteiger partial charge is 0.322 e. The first kappa shape index (κ1) is 21.1. The molecule has 0 aliphatic carbocycles. The molecule has 5 rings (SSSR count). The lowest BCUT2D eigenvalue weighted by atomic mass is 9.73. The van der Waals surface area contributed by atoms with Crippen LogP contribution >= 0.6 is 0 Å². The van der Waals surface area contributed by atoms with Crippen LogP contribution < -0.4 is 5.32 Å². The van der Waals surface area contributed by atoms with Crippen molar-refractivity contribution < 1.29 is 19.1 Å². The maximum Gasteiger partial charge on any atom is 0.322 e. The summed E-state index contributed by atoms with van der Waals surface area (Å²) in [7, 11) is 0. The zero-order valence-corrected chi connectivity index (χ0v) is 17.8. The van der Waals surface area contributed by atoms with Crippen molar-refractivity contribution in [2.45, 2.75) is 18.0 Å². The Labute approximate surface area is 190 Å². The molecule has 8 heteroatoms. The van der Waals surface area contributed by atoms with Gasteiger partial charge in [0.15, 0.2) is 0 Å². The van der Waals surface area contributed by atoms with Crippen molar-refractivity contribution in [3.8, 4) is 11.1 Å². The van der Waals surface area contributed by atoms with Gasteiger partial charge in [0, 0.05) is 24.9 Å². The zero-order chi connectivity index (χ0) is 22.9. The summed E-state index contributed by atoms with van der Waals surface area (Å²) < 4.78 is 13.9. The fourth-order valence-electron chi connectivity index (χ4n) is 4.84. The zero-order valence-electron chi connectivity index (χ0n) is 17.8. The summed E-state index contributed by atoms with van der Waals surface area (Å²) in [5.41, 5.74) is 3.09. The predicted octanol–water partition coefficient (Wildman–Crippen LogP) is 3.09. The molecule has 3 heterocycles. The van der Waals surface area contributed by atoms with Crippen molar-refractivity contribution in [3.63, 3.8) is 0 Å². The Bertz CT molecular complexity index is 1170. The number of piperazine rings is 1. The molecule has 0 bridgehead atoms. The second kappa shape index (κ2) is 8.63. The van der Waals surface area contributed by atoms with Crippen molar-refractivity contribution in [2.75, 3.05) is 25.0 Å². The van der Waals surface area contributed by atoms with Crippen LogP contribution in [-0.4, -0.2) is 63.6 Å². The van der Waals surface area contributed by atoms with Crippen LogP contribution in [0.3, 0.4) is 0 Å². The van der Waals surface area contributed by atoms with E-state index in [1.54, 1.807) is 29.4 Å². The number of aliphatic hydroxyl groups is 1. The number of rotatable bonds is 4. The van der Waals surface area contributed by atoms with Crippen LogP contribution in [0.4, 0.5) is 14.9 Å². The lowest BCUT2D eigenvalue weighted by molar-refractivity contribution is -0.159. The minimum atomic E-state index is -0.536. The van der Waals surface area contributed by atoms with E-state index in [2.05, 4.69) is 10.3 Å². The minimum absolute atomic E-state index is 0.0711. The average molecular weight is 446 g/mol. The molecule has 2 aliphatic heterocycles. The van der Waals surface area contributed by atoms with Gasteiger partial charge >= 0.3 is 6.03 Å². The van der Waals surface area contributed by atoms with E-state index in [1.807, 2.05) is 36.4 Å². The van der Waals surface area contributed by atoms with Gasteiger partial charge in [-0.05, 0) is 34.9 Å². The third kappa shape index (κ3) is 3.82. The molecule has 7 nitrogen and oxygen atoms in total. The number of urea groups is 1. The van der Waals surface area contributed by atoms with Crippen LogP contribution in [0.1, 0.15) is 11.5 Å². The molecule has 0 saturated carbocycles. The normalized spacial score (nSPS) is 21.9. The largest absolute Gasteiger partial charge is 0.394 e. The maximum atomic E-state index is 13.9. The Balaban J connectivity index is 1.35. The summed E-state index contributed by atoms with van der Waals surface area (Å²) in [5, 5.41) is 12.5. The third-order valence-electron chi connectivity index (χ3n) is 6.45. The van der Waals surface area contributed by atoms with Crippen LogP contribution in [0.25, 0.3) is 11.1 Å². The second-order valence-corrected chi connectivity index (χ2v) is 8.30. The summed E-state index contributed by atoms with van der Waals surface area (Å²) in [5.74, 6) is -0.866. The number of nitrogens with zero attached hydrogens (tertiary/aromatic N) is 3. The number of para-hydroxylation sites is 1. The summed E-state index contributed by atoms with van der Waals surface area (Å²) in [6.07, 6.45) is 3.52. The Kier molecular flexibility index (Phi) is 5.51. The number of fused-ring (bicyclic) bond motifs is 1. The summed E-state index contributed by atoms with van der Waals surface area (Å²) in [6.45, 7) is 0.0379. The fraction of sp³-hybridized carbons (Fsp3) is 0.240. The number of pyridine rings is 1. The summed E-state index contributed by atoms with van der Waals surface area (Å²) >= 11 is 0. The van der Waals surface area contributed by atoms with Gasteiger partial charge in [0.25, 0.3) is 0 Å². The number of nitrogens with one attached hydrogen (secondary N) is 1. The maximum absolute atomic E-state index is 13.9. The number of anilines is 1. The molecule has 2 fully saturated rings. The average Bonchev–Trinajstić information content (AvgIpc) is 2.82. The van der Waals surface area contributed by atoms with Gasteiger partial charge in [-0.1, -0.05) is 42.5 Å². The van der Waals surface area contributed by atoms with Crippen LogP contribution in [0.5, 0.6) is 0 Å². The highest BCUT2D eigenvalue weighted by Crippen LogP contribution is 2.43. The van der Waals surface area contributed by atoms with Crippen LogP contribution in [0, 0.1) is 5.82 Å². The number of aromatic nitrogens is 1. The minimum Gasteiger partial charge on any atom is -0.394 e. The first-order valence-corrected chi connectivity index (χ1v) is 10.8. The molecule has 2 aliphatic rings. The van der Waals surface area contributed by atoms with E-state index in [1.165, 1.54) is 17.0 Å². The molecule has 2 N–H and O–H groups in total. The Morgan fingerprint density at radius 3 is 2.58 bits per heavy atom. The molecule has 3 amide bonds. The van der Waals surface area contributed by atoms with E-state index >= 15 is 0 Å². The van der Waals surface area contributed by atoms with Gasteiger partial charge in [-0.3, -0.25) is 9.78 Å². The van der Waals surface area contributed by atoms with Gasteiger partial charge < -0.3 is 20.2 Å². The summed E-state index contributed by atoms with van der Waals surface area (Å²) in [6, 6.07) is 16.7. The number of amides is 3. The van der Waals surface area contributed by atoms with Gasteiger partial charge in [-0.15, -0.1) is 0 Å². The van der Waals surface area contributed by atoms with E-state index in [9.17, 15) is 19.1 Å². The van der Waals surface area contributed by atoms with Crippen molar-refractivity contribution in [1.82, 2.24) is 14.8 Å². The van der Waals surface area contributed by atoms with Crippen LogP contribution in [0.2, 0.25) is 0 Å². The number of aliphatic hydroxyl groups excluding tert-OH is 1. The van der Waals surface area contributed by atoms with Gasteiger partial charge in [0.05, 0.1) is 24.4 Å². The molecular weight excluding hydrogens is 423 g/mol. The van der Waals surface area contributed by atoms with Crippen molar-refractivity contribution in [3.05, 3.63) is 84.4 Å². The number of benzene rings is 2. The highest BCUT2D eigenvalue weighted by atomic mass is 19.1. The molecular formula is C25H23FN4O3. The first-order chi connectivity index (χ1) is 16.1. The van der Waals surface area contributed by atoms with Gasteiger partial charge in [0.2, 0.25) is 5.91 Å². The molecule has 2 aromatic carbocycles. The number of carbonyl (C=O) groups is 2. The second-order valence-electron chi connectivity index (χ2n) is 8.30. The highest BCUT2D eigenvalue weighted by molar-refractivity contribution is 5.94. The van der Waals surface area contributed by atoms with E-state index < -0.39 is 11.8 Å². The van der Waals surface area contributed by atoms with Crippen molar-refractivity contribution >= 4 is 17.6 Å². The van der Waals surface area contributed by atoms with E-state index in [4.69, 9.17) is 0 Å². The molecule has 0 radical (unpaired) electrons. The topological polar surface area (TPSA) is 85.8 Å². The number of halogens is 1. The fourth-order valence-corrected chi connectivity index (χ4v) is 4.84. The Hall–Kier alpha value is -3.78. The molecule has 3 atom stereocenters. The van der Waals surface area contributed by atoms with Gasteiger partial charge in [0.1, 0.15) is 12.4 Å². The van der Waals surface area contributed by atoms with E-state index in [0.717, 1.165) is 16.7 Å². The monoisotopic (exact) mass is 446 g/mol. The Morgan fingerprint density at radius 1 is 1.09 bits per heavy atom. The number of carbonyl (C=O) groups excluding carboxylic acids is 2. The van der Waals surface area contributed by atoms with Crippen LogP contribution in [0.15, 0.2) is 73.1 Å². The van der Waals surface area contributed by atoms with Gasteiger partial charge in [-0.2, -0.15) is 0 Å². The molecule has 168 valence electrons. The molecule has 3 aromatic rings. The van der Waals surface area contributed by atoms with Crippen molar-refractivity contribution in [1.29, 1.82) is 0 Å². The molecule has 0 unspecified atom stereocenters. The SMILES string of the molecule is O=C(Nc1ccccc1F)N1CC(=O)N2[C@H](CO)[C@@H](c3ccc(-c4cccnc4)cc3)[C@H]2C1. The molecule has 1 aromatic heterocycles. The highest BCUT2D eigenvalue weighted by Gasteiger charge is 2.54. The van der Waals surface area contributed by atoms with E-state index in [0.29, 0.717) is 6.54 Å². The summed E-state index contributed by atoms with van der Waals surface area (Å²) in [4.78, 5) is 32.8. The lowest BCUT2D eigenvalue weighted by Gasteiger charge is -2.58. The number of hydrogen-bond donors (Lipinski definition) is 2. The lowest BCUT2D eigenvalue weighted by Crippen LogP contribution is -2.73. The quantitative estimate of drug-likeness (QED) is 0.645. The molecule has 2 saturated heterocycles. The standard InChI is InChI=1S/C25H23FN4O3/c26-19-5-1-2-6-20(19)28-25(33)29-13-21-24(22(15-31)30(21)23(32)14-29)17-9-7-16(8-10-17)18-4-3-11-27-12-18/h1-12,21-22,24,31H,13-15H2,(H,28,33)/t21-,22-,24+/m1/s1. The number of hydrogen-bond acceptors (Lipinski definition) is 4. The first-order valence-electron chi connectivity index (χ1n) is 10.8. The molecule has 33 heavy (non-hydrogen) atoms. The predicted molar refractivity (Wildman–Crippen MR) is 121 cm³/mol. The van der Waals surface area contributed by atoms with E-state index in [-0.39, 0.29) is 42.7 Å². The molecule has 0 spiro atoms. The van der Waals surface area contributed by atoms with Gasteiger partial charge in [-0.25, -0.2) is 9.18 Å². The van der Waals surface area contributed by atoms with Crippen LogP contribution in [-0.2, 0) is 4.79 Å². The third-order valence-corrected chi connectivity index (χ3v) is 6.45.